The first-order chi connectivity index (χ1) is 8.54. The van der Waals surface area contributed by atoms with E-state index >= 15 is 0 Å². The molecule has 98 valence electrons. The fraction of sp³-hybridized carbons (Fsp3) is 0.500. The van der Waals surface area contributed by atoms with Crippen LogP contribution in [-0.2, 0) is 6.54 Å². The van der Waals surface area contributed by atoms with Gasteiger partial charge in [0.1, 0.15) is 11.3 Å². The van der Waals surface area contributed by atoms with E-state index in [4.69, 9.17) is 11.6 Å². The third-order valence-electron chi connectivity index (χ3n) is 3.31. The molecule has 0 spiro atoms. The van der Waals surface area contributed by atoms with E-state index in [1.54, 1.807) is 6.07 Å². The topological polar surface area (TPSA) is 17.8 Å². The predicted molar refractivity (Wildman–Crippen MR) is 73.4 cm³/mol. The Morgan fingerprint density at radius 2 is 2.11 bits per heavy atom. The van der Waals surface area contributed by atoms with Crippen molar-refractivity contribution < 1.29 is 4.39 Å². The maximum atomic E-state index is 13.7. The van der Waals surface area contributed by atoms with E-state index in [9.17, 15) is 4.39 Å². The smallest absolute Gasteiger partial charge is 0.151 e. The lowest BCUT2D eigenvalue weighted by molar-refractivity contribution is 0.465. The van der Waals surface area contributed by atoms with E-state index in [1.165, 1.54) is 6.07 Å². The van der Waals surface area contributed by atoms with Gasteiger partial charge in [-0.1, -0.05) is 26.3 Å². The number of imidazole rings is 1. The number of nitrogens with zero attached hydrogens (tertiary/aromatic N) is 2. The van der Waals surface area contributed by atoms with Gasteiger partial charge < -0.3 is 4.57 Å². The van der Waals surface area contributed by atoms with Gasteiger partial charge >= 0.3 is 0 Å². The molecule has 0 amide bonds. The summed E-state index contributed by atoms with van der Waals surface area (Å²) < 4.78 is 15.8. The van der Waals surface area contributed by atoms with Gasteiger partial charge in [0, 0.05) is 6.54 Å². The van der Waals surface area contributed by atoms with Gasteiger partial charge in [-0.25, -0.2) is 9.37 Å². The Morgan fingerprint density at radius 3 is 2.72 bits per heavy atom. The van der Waals surface area contributed by atoms with Crippen LogP contribution in [0.25, 0.3) is 11.0 Å². The minimum Gasteiger partial charge on any atom is -0.326 e. The summed E-state index contributed by atoms with van der Waals surface area (Å²) >= 11 is 6.15. The van der Waals surface area contributed by atoms with Crippen molar-refractivity contribution in [1.82, 2.24) is 9.55 Å². The Morgan fingerprint density at radius 1 is 1.39 bits per heavy atom. The molecule has 0 aliphatic heterocycles. The third-order valence-corrected chi connectivity index (χ3v) is 3.50. The average Bonchev–Trinajstić information content (AvgIpc) is 2.70. The second-order valence-corrected chi connectivity index (χ2v) is 5.47. The van der Waals surface area contributed by atoms with Crippen molar-refractivity contribution in [3.8, 4) is 0 Å². The number of rotatable bonds is 4. The van der Waals surface area contributed by atoms with Gasteiger partial charge in [0.2, 0.25) is 0 Å². The van der Waals surface area contributed by atoms with Crippen LogP contribution < -0.4 is 0 Å². The van der Waals surface area contributed by atoms with Crippen molar-refractivity contribution in [2.45, 2.75) is 39.1 Å². The minimum atomic E-state index is -0.283. The van der Waals surface area contributed by atoms with E-state index in [0.29, 0.717) is 11.4 Å². The molecule has 2 atom stereocenters. The Kier molecular flexibility index (Phi) is 3.91. The molecular formula is C14H18ClFN2. The van der Waals surface area contributed by atoms with Crippen molar-refractivity contribution in [1.29, 1.82) is 0 Å². The molecule has 0 radical (unpaired) electrons. The molecule has 0 saturated heterocycles. The molecular weight excluding hydrogens is 251 g/mol. The van der Waals surface area contributed by atoms with Crippen LogP contribution in [0.15, 0.2) is 18.2 Å². The molecule has 18 heavy (non-hydrogen) atoms. The number of para-hydroxylation sites is 1. The molecule has 2 nitrogen and oxygen atoms in total. The molecule has 4 heteroatoms. The van der Waals surface area contributed by atoms with E-state index < -0.39 is 0 Å². The molecule has 0 N–H and O–H groups in total. The summed E-state index contributed by atoms with van der Waals surface area (Å²) in [6.45, 7) is 7.01. The highest BCUT2D eigenvalue weighted by atomic mass is 35.5. The number of halogens is 2. The normalized spacial score (nSPS) is 14.9. The monoisotopic (exact) mass is 268 g/mol. The highest BCUT2D eigenvalue weighted by Crippen LogP contribution is 2.27. The van der Waals surface area contributed by atoms with Crippen LogP contribution in [0.4, 0.5) is 4.39 Å². The largest absolute Gasteiger partial charge is 0.326 e. The van der Waals surface area contributed by atoms with Crippen LogP contribution in [0, 0.1) is 11.7 Å². The van der Waals surface area contributed by atoms with Crippen LogP contribution in [0.3, 0.4) is 0 Å². The molecule has 2 rings (SSSR count). The summed E-state index contributed by atoms with van der Waals surface area (Å²) in [6.07, 6.45) is 1.07. The summed E-state index contributed by atoms with van der Waals surface area (Å²) in [5, 5.41) is -0.221. The van der Waals surface area contributed by atoms with Gasteiger partial charge in [-0.15, -0.1) is 11.6 Å². The van der Waals surface area contributed by atoms with E-state index in [0.717, 1.165) is 24.3 Å². The first kappa shape index (κ1) is 13.3. The van der Waals surface area contributed by atoms with Crippen molar-refractivity contribution in [2.75, 3.05) is 0 Å². The summed E-state index contributed by atoms with van der Waals surface area (Å²) in [5.74, 6) is 0.978. The highest BCUT2D eigenvalue weighted by molar-refractivity contribution is 6.20. The van der Waals surface area contributed by atoms with Crippen molar-refractivity contribution in [2.24, 2.45) is 5.92 Å². The number of aromatic nitrogens is 2. The number of alkyl halides is 1. The number of hydrogen-bond acceptors (Lipinski definition) is 1. The lowest BCUT2D eigenvalue weighted by Gasteiger charge is -2.14. The van der Waals surface area contributed by atoms with Crippen LogP contribution in [0.1, 0.15) is 38.4 Å². The SMILES string of the molecule is CCC(C)Cn1c(C(C)Cl)nc2c(F)cccc21. The lowest BCUT2D eigenvalue weighted by Crippen LogP contribution is -2.10. The van der Waals surface area contributed by atoms with Crippen LogP contribution >= 0.6 is 11.6 Å². The zero-order valence-electron chi connectivity index (χ0n) is 11.0. The van der Waals surface area contributed by atoms with Crippen molar-refractivity contribution in [3.05, 3.63) is 29.8 Å². The Labute approximate surface area is 112 Å². The maximum absolute atomic E-state index is 13.7. The first-order valence-corrected chi connectivity index (χ1v) is 6.77. The second kappa shape index (κ2) is 5.27. The van der Waals surface area contributed by atoms with Gasteiger partial charge in [0.25, 0.3) is 0 Å². The Bertz CT molecular complexity index is 548. The maximum Gasteiger partial charge on any atom is 0.151 e. The lowest BCUT2D eigenvalue weighted by atomic mass is 10.1. The molecule has 0 aliphatic rings. The molecule has 1 aromatic carbocycles. The summed E-state index contributed by atoms with van der Waals surface area (Å²) in [6, 6.07) is 5.05. The molecule has 1 heterocycles. The standard InChI is InChI=1S/C14H18ClFN2/c1-4-9(2)8-18-12-7-5-6-11(16)13(12)17-14(18)10(3)15/h5-7,9-10H,4,8H2,1-3H3. The molecule has 0 bridgehead atoms. The molecule has 2 unspecified atom stereocenters. The van der Waals surface area contributed by atoms with Gasteiger partial charge in [-0.05, 0) is 25.0 Å². The fourth-order valence-electron chi connectivity index (χ4n) is 2.07. The Hall–Kier alpha value is -1.09. The third kappa shape index (κ3) is 2.37. The van der Waals surface area contributed by atoms with Crippen molar-refractivity contribution >= 4 is 22.6 Å². The number of benzene rings is 1. The van der Waals surface area contributed by atoms with Crippen LogP contribution in [0.2, 0.25) is 0 Å². The summed E-state index contributed by atoms with van der Waals surface area (Å²) in [5.41, 5.74) is 1.25. The highest BCUT2D eigenvalue weighted by Gasteiger charge is 2.18. The zero-order valence-corrected chi connectivity index (χ0v) is 11.7. The van der Waals surface area contributed by atoms with E-state index in [2.05, 4.69) is 18.8 Å². The van der Waals surface area contributed by atoms with Gasteiger partial charge in [-0.3, -0.25) is 0 Å². The summed E-state index contributed by atoms with van der Waals surface area (Å²) in [7, 11) is 0. The summed E-state index contributed by atoms with van der Waals surface area (Å²) in [4.78, 5) is 4.36. The Balaban J connectivity index is 2.59. The van der Waals surface area contributed by atoms with E-state index in [-0.39, 0.29) is 11.2 Å². The predicted octanol–water partition coefficient (Wildman–Crippen LogP) is 4.52. The number of fused-ring (bicyclic) bond motifs is 1. The van der Waals surface area contributed by atoms with Crippen molar-refractivity contribution in [3.63, 3.8) is 0 Å². The van der Waals surface area contributed by atoms with Gasteiger partial charge in [-0.2, -0.15) is 0 Å². The molecule has 0 fully saturated rings. The molecule has 2 aromatic rings. The zero-order chi connectivity index (χ0) is 13.3. The molecule has 0 saturated carbocycles. The second-order valence-electron chi connectivity index (χ2n) is 4.82. The average molecular weight is 269 g/mol. The quantitative estimate of drug-likeness (QED) is 0.746. The van der Waals surface area contributed by atoms with Gasteiger partial charge in [0.15, 0.2) is 5.82 Å². The molecule has 0 aliphatic carbocycles. The van der Waals surface area contributed by atoms with Crippen LogP contribution in [0.5, 0.6) is 0 Å². The fourth-order valence-corrected chi connectivity index (χ4v) is 2.23. The molecule has 1 aromatic heterocycles. The van der Waals surface area contributed by atoms with Gasteiger partial charge in [0.05, 0.1) is 10.9 Å². The van der Waals surface area contributed by atoms with E-state index in [1.807, 2.05) is 17.6 Å². The first-order valence-electron chi connectivity index (χ1n) is 6.33. The van der Waals surface area contributed by atoms with Crippen LogP contribution in [-0.4, -0.2) is 9.55 Å². The minimum absolute atomic E-state index is 0.221. The number of hydrogen-bond donors (Lipinski definition) is 0.